The standard InChI is InChI=1S/C12H16F3NO2/c1-17-5-2-6-18-11-7-9(8-16)3-4-10(11)12(13,14)15/h3-4,7H,2,5-6,8,16H2,1H3. The molecule has 0 aliphatic heterocycles. The Morgan fingerprint density at radius 1 is 1.22 bits per heavy atom. The number of methoxy groups -OCH3 is 1. The molecule has 0 aliphatic rings. The molecule has 2 N–H and O–H groups in total. The van der Waals surface area contributed by atoms with Gasteiger partial charge in [-0.05, 0) is 17.7 Å². The molecule has 0 bridgehead atoms. The molecule has 0 fully saturated rings. The molecular weight excluding hydrogens is 247 g/mol. The largest absolute Gasteiger partial charge is 0.493 e. The van der Waals surface area contributed by atoms with Crippen molar-refractivity contribution in [2.75, 3.05) is 20.3 Å². The van der Waals surface area contributed by atoms with Gasteiger partial charge >= 0.3 is 6.18 Å². The topological polar surface area (TPSA) is 44.5 Å². The summed E-state index contributed by atoms with van der Waals surface area (Å²) in [4.78, 5) is 0. The minimum atomic E-state index is -4.43. The van der Waals surface area contributed by atoms with Gasteiger partial charge in [0.25, 0.3) is 0 Å². The van der Waals surface area contributed by atoms with Crippen LogP contribution < -0.4 is 10.5 Å². The first-order chi connectivity index (χ1) is 8.49. The third kappa shape index (κ3) is 4.19. The maximum atomic E-state index is 12.7. The Balaban J connectivity index is 2.83. The normalized spacial score (nSPS) is 11.6. The van der Waals surface area contributed by atoms with Gasteiger partial charge in [0, 0.05) is 26.7 Å². The SMILES string of the molecule is COCCCOc1cc(CN)ccc1C(F)(F)F. The van der Waals surface area contributed by atoms with Gasteiger partial charge in [0.2, 0.25) is 0 Å². The molecule has 3 nitrogen and oxygen atoms in total. The predicted octanol–water partition coefficient (Wildman–Crippen LogP) is 2.58. The molecule has 0 heterocycles. The van der Waals surface area contributed by atoms with Crippen molar-refractivity contribution in [3.63, 3.8) is 0 Å². The van der Waals surface area contributed by atoms with Gasteiger partial charge in [-0.25, -0.2) is 0 Å². The van der Waals surface area contributed by atoms with Crippen LogP contribution >= 0.6 is 0 Å². The van der Waals surface area contributed by atoms with E-state index in [9.17, 15) is 13.2 Å². The van der Waals surface area contributed by atoms with E-state index >= 15 is 0 Å². The summed E-state index contributed by atoms with van der Waals surface area (Å²) in [5.74, 6) is -0.179. The fourth-order valence-corrected chi connectivity index (χ4v) is 1.43. The first-order valence-electron chi connectivity index (χ1n) is 5.51. The zero-order chi connectivity index (χ0) is 13.6. The minimum absolute atomic E-state index is 0.172. The van der Waals surface area contributed by atoms with Crippen molar-refractivity contribution < 1.29 is 22.6 Å². The summed E-state index contributed by atoms with van der Waals surface area (Å²) in [5.41, 5.74) is 5.22. The summed E-state index contributed by atoms with van der Waals surface area (Å²) >= 11 is 0. The van der Waals surface area contributed by atoms with E-state index in [0.717, 1.165) is 6.07 Å². The van der Waals surface area contributed by atoms with E-state index in [-0.39, 0.29) is 18.9 Å². The molecule has 1 aromatic carbocycles. The lowest BCUT2D eigenvalue weighted by Gasteiger charge is -2.15. The molecule has 0 atom stereocenters. The van der Waals surface area contributed by atoms with E-state index in [1.807, 2.05) is 0 Å². The fraction of sp³-hybridized carbons (Fsp3) is 0.500. The third-order valence-electron chi connectivity index (χ3n) is 2.34. The van der Waals surface area contributed by atoms with Crippen LogP contribution in [0.4, 0.5) is 13.2 Å². The molecule has 0 saturated heterocycles. The van der Waals surface area contributed by atoms with E-state index in [1.54, 1.807) is 0 Å². The number of benzene rings is 1. The second kappa shape index (κ2) is 6.61. The first-order valence-corrected chi connectivity index (χ1v) is 5.51. The summed E-state index contributed by atoms with van der Waals surface area (Å²) < 4.78 is 48.1. The Labute approximate surface area is 104 Å². The van der Waals surface area contributed by atoms with Crippen molar-refractivity contribution in [2.24, 2.45) is 5.73 Å². The number of alkyl halides is 3. The number of rotatable bonds is 6. The average molecular weight is 263 g/mol. The number of hydrogen-bond donors (Lipinski definition) is 1. The summed E-state index contributed by atoms with van der Waals surface area (Å²) in [5, 5.41) is 0. The molecule has 0 spiro atoms. The van der Waals surface area contributed by atoms with Crippen LogP contribution in [0.5, 0.6) is 5.75 Å². The molecule has 102 valence electrons. The molecule has 18 heavy (non-hydrogen) atoms. The van der Waals surface area contributed by atoms with Crippen LogP contribution in [0.1, 0.15) is 17.5 Å². The fourth-order valence-electron chi connectivity index (χ4n) is 1.43. The molecule has 0 aliphatic carbocycles. The van der Waals surface area contributed by atoms with Gasteiger partial charge in [-0.3, -0.25) is 0 Å². The van der Waals surface area contributed by atoms with Crippen molar-refractivity contribution >= 4 is 0 Å². The smallest absolute Gasteiger partial charge is 0.419 e. The molecule has 0 amide bonds. The molecular formula is C12H16F3NO2. The Hall–Kier alpha value is -1.27. The van der Waals surface area contributed by atoms with Crippen LogP contribution in [0.3, 0.4) is 0 Å². The molecule has 1 aromatic rings. The van der Waals surface area contributed by atoms with Gasteiger partial charge in [-0.15, -0.1) is 0 Å². The van der Waals surface area contributed by atoms with Crippen molar-refractivity contribution in [1.82, 2.24) is 0 Å². The maximum absolute atomic E-state index is 12.7. The Morgan fingerprint density at radius 3 is 2.50 bits per heavy atom. The summed E-state index contributed by atoms with van der Waals surface area (Å²) in [6, 6.07) is 3.67. The van der Waals surface area contributed by atoms with Gasteiger partial charge in [-0.1, -0.05) is 6.07 Å². The molecule has 0 unspecified atom stereocenters. The van der Waals surface area contributed by atoms with E-state index in [4.69, 9.17) is 15.2 Å². The van der Waals surface area contributed by atoms with Gasteiger partial charge in [0.05, 0.1) is 12.2 Å². The zero-order valence-corrected chi connectivity index (χ0v) is 10.1. The Kier molecular flexibility index (Phi) is 5.43. The van der Waals surface area contributed by atoms with Gasteiger partial charge < -0.3 is 15.2 Å². The average Bonchev–Trinajstić information content (AvgIpc) is 2.33. The second-order valence-electron chi connectivity index (χ2n) is 3.73. The molecule has 0 radical (unpaired) electrons. The van der Waals surface area contributed by atoms with Crippen LogP contribution in [-0.4, -0.2) is 20.3 Å². The van der Waals surface area contributed by atoms with E-state index in [0.29, 0.717) is 18.6 Å². The number of hydrogen-bond acceptors (Lipinski definition) is 3. The lowest BCUT2D eigenvalue weighted by Crippen LogP contribution is -2.11. The van der Waals surface area contributed by atoms with Gasteiger partial charge in [0.15, 0.2) is 0 Å². The lowest BCUT2D eigenvalue weighted by atomic mass is 10.1. The quantitative estimate of drug-likeness (QED) is 0.802. The highest BCUT2D eigenvalue weighted by Crippen LogP contribution is 2.36. The van der Waals surface area contributed by atoms with E-state index in [1.165, 1.54) is 19.2 Å². The van der Waals surface area contributed by atoms with E-state index < -0.39 is 11.7 Å². The molecule has 0 saturated carbocycles. The van der Waals surface area contributed by atoms with Crippen molar-refractivity contribution in [3.8, 4) is 5.75 Å². The van der Waals surface area contributed by atoms with Crippen molar-refractivity contribution in [2.45, 2.75) is 19.1 Å². The monoisotopic (exact) mass is 263 g/mol. The number of nitrogens with two attached hydrogens (primary N) is 1. The summed E-state index contributed by atoms with van der Waals surface area (Å²) in [7, 11) is 1.52. The van der Waals surface area contributed by atoms with Crippen LogP contribution in [0.2, 0.25) is 0 Å². The number of halogens is 3. The highest BCUT2D eigenvalue weighted by atomic mass is 19.4. The number of ether oxygens (including phenoxy) is 2. The van der Waals surface area contributed by atoms with E-state index in [2.05, 4.69) is 0 Å². The van der Waals surface area contributed by atoms with Gasteiger partial charge in [-0.2, -0.15) is 13.2 Å². The van der Waals surface area contributed by atoms with Crippen LogP contribution in [-0.2, 0) is 17.5 Å². The summed E-state index contributed by atoms with van der Waals surface area (Å²) in [6.45, 7) is 0.787. The van der Waals surface area contributed by atoms with Crippen LogP contribution in [0.25, 0.3) is 0 Å². The third-order valence-corrected chi connectivity index (χ3v) is 2.34. The highest BCUT2D eigenvalue weighted by Gasteiger charge is 2.34. The van der Waals surface area contributed by atoms with Crippen molar-refractivity contribution in [3.05, 3.63) is 29.3 Å². The molecule has 0 aromatic heterocycles. The van der Waals surface area contributed by atoms with Crippen molar-refractivity contribution in [1.29, 1.82) is 0 Å². The Morgan fingerprint density at radius 2 is 1.94 bits per heavy atom. The first kappa shape index (κ1) is 14.8. The zero-order valence-electron chi connectivity index (χ0n) is 10.1. The minimum Gasteiger partial charge on any atom is -0.493 e. The van der Waals surface area contributed by atoms with Gasteiger partial charge in [0.1, 0.15) is 5.75 Å². The molecule has 6 heteroatoms. The van der Waals surface area contributed by atoms with Crippen LogP contribution in [0.15, 0.2) is 18.2 Å². The second-order valence-corrected chi connectivity index (χ2v) is 3.73. The highest BCUT2D eigenvalue weighted by molar-refractivity contribution is 5.39. The lowest BCUT2D eigenvalue weighted by molar-refractivity contribution is -0.139. The maximum Gasteiger partial charge on any atom is 0.419 e. The molecule has 1 rings (SSSR count). The summed E-state index contributed by atoms with van der Waals surface area (Å²) in [6.07, 6.45) is -3.90. The predicted molar refractivity (Wildman–Crippen MR) is 61.3 cm³/mol. The Bertz CT molecular complexity index is 380. The van der Waals surface area contributed by atoms with Crippen LogP contribution in [0, 0.1) is 0 Å².